The molecule has 0 radical (unpaired) electrons. The van der Waals surface area contributed by atoms with E-state index in [-0.39, 0.29) is 29.5 Å². The van der Waals surface area contributed by atoms with E-state index in [0.29, 0.717) is 18.8 Å². The van der Waals surface area contributed by atoms with E-state index in [1.54, 1.807) is 13.1 Å². The quantitative estimate of drug-likeness (QED) is 0.626. The molecule has 0 aromatic carbocycles. The Hall–Kier alpha value is -3.15. The second-order valence-electron chi connectivity index (χ2n) is 8.55. The summed E-state index contributed by atoms with van der Waals surface area (Å²) in [6.45, 7) is 2.00. The number of halogens is 3. The van der Waals surface area contributed by atoms with Crippen molar-refractivity contribution >= 4 is 23.4 Å². The van der Waals surface area contributed by atoms with E-state index in [1.165, 1.54) is 18.3 Å². The summed E-state index contributed by atoms with van der Waals surface area (Å²) in [7, 11) is 1.66. The van der Waals surface area contributed by atoms with Gasteiger partial charge in [0.2, 0.25) is 5.95 Å². The zero-order valence-corrected chi connectivity index (χ0v) is 18.4. The number of nitrogens with one attached hydrogen (secondary N) is 2. The standard InChI is InChI=1S/C21H25F3N6O3/c1-12-6-14(10-33-12)27-17-7-18(32)29-11-20(2,21(22,23)24)30(19(29)28-17)9-15(31)13-4-5-16(25-3)26-8-13/h4-5,7-8,12,14,27H,6,9-11H2,1-3H3,(H,25,26)/t12-,14+,20+/m1/s1. The van der Waals surface area contributed by atoms with E-state index in [1.807, 2.05) is 6.92 Å². The van der Waals surface area contributed by atoms with Gasteiger partial charge in [-0.05, 0) is 32.4 Å². The number of nitrogens with zero attached hydrogens (tertiary/aromatic N) is 4. The van der Waals surface area contributed by atoms with Crippen molar-refractivity contribution in [3.05, 3.63) is 40.3 Å². The first-order valence-electron chi connectivity index (χ1n) is 10.5. The zero-order valence-electron chi connectivity index (χ0n) is 18.4. The van der Waals surface area contributed by atoms with E-state index >= 15 is 0 Å². The number of hydrogen-bond acceptors (Lipinski definition) is 8. The van der Waals surface area contributed by atoms with Crippen molar-refractivity contribution in [3.8, 4) is 0 Å². The number of carbonyl (C=O) groups excluding carboxylic acids is 1. The molecule has 4 rings (SSSR count). The number of Topliss-reactive ketones (excluding diaryl/α,β-unsaturated/α-hetero) is 1. The smallest absolute Gasteiger partial charge is 0.376 e. The number of fused-ring (bicyclic) bond motifs is 1. The average Bonchev–Trinajstić information content (AvgIpc) is 3.29. The highest BCUT2D eigenvalue weighted by atomic mass is 19.4. The molecule has 2 N–H and O–H groups in total. The van der Waals surface area contributed by atoms with Gasteiger partial charge in [0.15, 0.2) is 11.3 Å². The van der Waals surface area contributed by atoms with Crippen LogP contribution in [-0.2, 0) is 11.3 Å². The maximum atomic E-state index is 14.2. The molecule has 0 saturated carbocycles. The third kappa shape index (κ3) is 4.26. The van der Waals surface area contributed by atoms with Gasteiger partial charge < -0.3 is 20.3 Å². The van der Waals surface area contributed by atoms with Crippen LogP contribution in [0.2, 0.25) is 0 Å². The zero-order chi connectivity index (χ0) is 24.0. The third-order valence-electron chi connectivity index (χ3n) is 6.10. The fourth-order valence-electron chi connectivity index (χ4n) is 4.09. The molecule has 4 heterocycles. The molecule has 0 bridgehead atoms. The lowest BCUT2D eigenvalue weighted by molar-refractivity contribution is -0.181. The molecule has 1 fully saturated rings. The van der Waals surface area contributed by atoms with Gasteiger partial charge in [0.05, 0.1) is 31.8 Å². The summed E-state index contributed by atoms with van der Waals surface area (Å²) in [6.07, 6.45) is -2.71. The summed E-state index contributed by atoms with van der Waals surface area (Å²) in [5, 5.41) is 5.88. The molecule has 0 unspecified atom stereocenters. The van der Waals surface area contributed by atoms with Crippen molar-refractivity contribution in [3.63, 3.8) is 0 Å². The SMILES string of the molecule is CNc1ccc(C(=O)CN2c3nc(N[C@@H]4CO[C@H](C)C4)cc(=O)n3C[C@@]2(C)C(F)(F)F)cn1. The van der Waals surface area contributed by atoms with Crippen molar-refractivity contribution in [2.45, 2.75) is 50.7 Å². The Morgan fingerprint density at radius 1 is 1.33 bits per heavy atom. The Labute approximate surface area is 188 Å². The van der Waals surface area contributed by atoms with Crippen LogP contribution in [0.5, 0.6) is 0 Å². The van der Waals surface area contributed by atoms with Crippen LogP contribution in [0, 0.1) is 0 Å². The minimum absolute atomic E-state index is 0.0311. The second-order valence-corrected chi connectivity index (χ2v) is 8.55. The number of ketones is 1. The van der Waals surface area contributed by atoms with Gasteiger partial charge >= 0.3 is 6.18 Å². The van der Waals surface area contributed by atoms with Gasteiger partial charge in [-0.1, -0.05) is 0 Å². The molecular weight excluding hydrogens is 441 g/mol. The minimum atomic E-state index is -4.72. The normalized spacial score (nSPS) is 24.6. The third-order valence-corrected chi connectivity index (χ3v) is 6.10. The summed E-state index contributed by atoms with van der Waals surface area (Å²) in [6, 6.07) is 4.11. The van der Waals surface area contributed by atoms with Gasteiger partial charge in [-0.25, -0.2) is 4.98 Å². The molecule has 33 heavy (non-hydrogen) atoms. The van der Waals surface area contributed by atoms with Crippen LogP contribution in [0.4, 0.5) is 30.8 Å². The Morgan fingerprint density at radius 3 is 2.67 bits per heavy atom. The van der Waals surface area contributed by atoms with Crippen LogP contribution >= 0.6 is 0 Å². The number of alkyl halides is 3. The predicted molar refractivity (Wildman–Crippen MR) is 116 cm³/mol. The van der Waals surface area contributed by atoms with Gasteiger partial charge in [-0.2, -0.15) is 18.2 Å². The molecule has 0 aliphatic carbocycles. The highest BCUT2D eigenvalue weighted by Gasteiger charge is 2.60. The van der Waals surface area contributed by atoms with Crippen LogP contribution in [-0.4, -0.2) is 64.4 Å². The molecule has 3 atom stereocenters. The molecule has 1 saturated heterocycles. The summed E-state index contributed by atoms with van der Waals surface area (Å²) in [5.74, 6) is -0.102. The Bertz CT molecular complexity index is 1100. The summed E-state index contributed by atoms with van der Waals surface area (Å²) in [4.78, 5) is 34.8. The van der Waals surface area contributed by atoms with Crippen LogP contribution in [0.1, 0.15) is 30.6 Å². The van der Waals surface area contributed by atoms with Crippen molar-refractivity contribution in [1.82, 2.24) is 14.5 Å². The molecule has 0 amide bonds. The van der Waals surface area contributed by atoms with Crippen LogP contribution < -0.4 is 21.1 Å². The molecule has 12 heteroatoms. The van der Waals surface area contributed by atoms with Crippen LogP contribution in [0.3, 0.4) is 0 Å². The highest BCUT2D eigenvalue weighted by Crippen LogP contribution is 2.43. The molecule has 2 aromatic heterocycles. The minimum Gasteiger partial charge on any atom is -0.376 e. The molecule has 2 aliphatic rings. The average molecular weight is 466 g/mol. The number of aromatic nitrogens is 3. The lowest BCUT2D eigenvalue weighted by Crippen LogP contribution is -2.57. The van der Waals surface area contributed by atoms with Crippen molar-refractivity contribution < 1.29 is 22.7 Å². The number of anilines is 3. The van der Waals surface area contributed by atoms with Gasteiger partial charge in [0.25, 0.3) is 5.56 Å². The number of carbonyl (C=O) groups is 1. The number of ether oxygens (including phenoxy) is 1. The first-order valence-corrected chi connectivity index (χ1v) is 10.5. The van der Waals surface area contributed by atoms with E-state index < -0.39 is 36.1 Å². The summed E-state index contributed by atoms with van der Waals surface area (Å²) >= 11 is 0. The molecule has 2 aliphatic heterocycles. The first kappa shape index (κ1) is 23.0. The number of hydrogen-bond donors (Lipinski definition) is 2. The Balaban J connectivity index is 1.68. The van der Waals surface area contributed by atoms with E-state index in [9.17, 15) is 22.8 Å². The summed E-state index contributed by atoms with van der Waals surface area (Å²) < 4.78 is 48.9. The number of rotatable bonds is 6. The molecule has 9 nitrogen and oxygen atoms in total. The van der Waals surface area contributed by atoms with Crippen LogP contribution in [0.15, 0.2) is 29.2 Å². The molecule has 178 valence electrons. The van der Waals surface area contributed by atoms with Gasteiger partial charge in [-0.3, -0.25) is 14.2 Å². The number of pyridine rings is 1. The van der Waals surface area contributed by atoms with Crippen molar-refractivity contribution in [2.75, 3.05) is 35.7 Å². The molecule has 0 spiro atoms. The van der Waals surface area contributed by atoms with E-state index in [4.69, 9.17) is 4.74 Å². The van der Waals surface area contributed by atoms with E-state index in [2.05, 4.69) is 20.6 Å². The molecule has 2 aromatic rings. The van der Waals surface area contributed by atoms with Gasteiger partial charge in [0, 0.05) is 24.9 Å². The van der Waals surface area contributed by atoms with E-state index in [0.717, 1.165) is 16.4 Å². The maximum absolute atomic E-state index is 14.2. The second kappa shape index (κ2) is 8.32. The first-order chi connectivity index (χ1) is 15.5. The van der Waals surface area contributed by atoms with Gasteiger partial charge in [-0.15, -0.1) is 0 Å². The van der Waals surface area contributed by atoms with Gasteiger partial charge in [0.1, 0.15) is 11.6 Å². The summed E-state index contributed by atoms with van der Waals surface area (Å²) in [5.41, 5.74) is -2.95. The monoisotopic (exact) mass is 466 g/mol. The topological polar surface area (TPSA) is 101 Å². The van der Waals surface area contributed by atoms with Crippen molar-refractivity contribution in [2.24, 2.45) is 0 Å². The fourth-order valence-corrected chi connectivity index (χ4v) is 4.09. The lowest BCUT2D eigenvalue weighted by Gasteiger charge is -2.36. The largest absolute Gasteiger partial charge is 0.413 e. The molecular formula is C21H25F3N6O3. The Morgan fingerprint density at radius 2 is 2.09 bits per heavy atom. The van der Waals surface area contributed by atoms with Crippen LogP contribution in [0.25, 0.3) is 0 Å². The fraction of sp³-hybridized carbons (Fsp3) is 0.524. The lowest BCUT2D eigenvalue weighted by atomic mass is 10.00. The predicted octanol–water partition coefficient (Wildman–Crippen LogP) is 2.29. The Kier molecular flexibility index (Phi) is 5.81. The highest BCUT2D eigenvalue weighted by molar-refractivity contribution is 5.99. The van der Waals surface area contributed by atoms with Crippen molar-refractivity contribution in [1.29, 1.82) is 0 Å². The maximum Gasteiger partial charge on any atom is 0.413 e.